The molecule has 8 heteroatoms. The minimum atomic E-state index is -1.28. The van der Waals surface area contributed by atoms with Gasteiger partial charge in [-0.2, -0.15) is 0 Å². The number of amides is 3. The van der Waals surface area contributed by atoms with Crippen LogP contribution < -0.4 is 0 Å². The Morgan fingerprint density at radius 2 is 1.70 bits per heavy atom. The Labute approximate surface area is 218 Å². The van der Waals surface area contributed by atoms with E-state index in [2.05, 4.69) is 6.92 Å². The summed E-state index contributed by atoms with van der Waals surface area (Å²) in [6.45, 7) is 5.82. The molecule has 3 amide bonds. The first kappa shape index (κ1) is 25.7. The van der Waals surface area contributed by atoms with E-state index in [0.29, 0.717) is 26.2 Å². The van der Waals surface area contributed by atoms with Crippen molar-refractivity contribution in [2.45, 2.75) is 56.9 Å². The molecule has 1 aromatic carbocycles. The van der Waals surface area contributed by atoms with Crippen LogP contribution in [0, 0.1) is 11.8 Å². The molecule has 37 heavy (non-hydrogen) atoms. The highest BCUT2D eigenvalue weighted by Gasteiger charge is 2.72. The zero-order chi connectivity index (χ0) is 26.2. The predicted molar refractivity (Wildman–Crippen MR) is 138 cm³/mol. The highest BCUT2D eigenvalue weighted by molar-refractivity contribution is 6.00. The largest absolute Gasteiger partial charge is 0.394 e. The molecular weight excluding hydrogens is 470 g/mol. The molecule has 1 spiro atoms. The molecule has 5 rings (SSSR count). The highest BCUT2D eigenvalue weighted by Crippen LogP contribution is 2.55. The third-order valence-corrected chi connectivity index (χ3v) is 8.23. The van der Waals surface area contributed by atoms with Crippen LogP contribution in [0.2, 0.25) is 0 Å². The van der Waals surface area contributed by atoms with Gasteiger partial charge >= 0.3 is 0 Å². The summed E-state index contributed by atoms with van der Waals surface area (Å²) in [4.78, 5) is 47.5. The first-order chi connectivity index (χ1) is 18.0. The van der Waals surface area contributed by atoms with Crippen molar-refractivity contribution in [1.29, 1.82) is 0 Å². The Balaban J connectivity index is 1.63. The van der Waals surface area contributed by atoms with E-state index in [-0.39, 0.29) is 24.3 Å². The third kappa shape index (κ3) is 4.10. The molecule has 198 valence electrons. The topological polar surface area (TPSA) is 90.4 Å². The Hall–Kier alpha value is -2.97. The van der Waals surface area contributed by atoms with Gasteiger partial charge in [0.1, 0.15) is 11.6 Å². The van der Waals surface area contributed by atoms with E-state index in [0.717, 1.165) is 24.8 Å². The van der Waals surface area contributed by atoms with E-state index in [1.54, 1.807) is 9.80 Å². The van der Waals surface area contributed by atoms with Crippen LogP contribution in [0.5, 0.6) is 0 Å². The van der Waals surface area contributed by atoms with Crippen molar-refractivity contribution in [2.75, 3.05) is 32.8 Å². The summed E-state index contributed by atoms with van der Waals surface area (Å²) in [6, 6.07) is 7.59. The SMILES string of the molecule is CCCCN1CC=C[C@]23O[C@@H]4C=CCN(CCC)C(=O)[C@@H]4[C@H]2C(=O)N([C@H](CO)c2ccccc2)C3C1=O. The number of fused-ring (bicyclic) bond motifs is 2. The quantitative estimate of drug-likeness (QED) is 0.546. The lowest BCUT2D eigenvalue weighted by Gasteiger charge is -2.38. The van der Waals surface area contributed by atoms with Gasteiger partial charge in [0, 0.05) is 26.2 Å². The number of aliphatic hydroxyl groups excluding tert-OH is 1. The van der Waals surface area contributed by atoms with Crippen LogP contribution in [0.3, 0.4) is 0 Å². The second-order valence-corrected chi connectivity index (χ2v) is 10.4. The number of hydrogen-bond acceptors (Lipinski definition) is 5. The van der Waals surface area contributed by atoms with E-state index in [4.69, 9.17) is 4.74 Å². The molecule has 0 aromatic heterocycles. The van der Waals surface area contributed by atoms with Crippen molar-refractivity contribution in [3.05, 3.63) is 60.2 Å². The zero-order valence-electron chi connectivity index (χ0n) is 21.7. The standard InChI is InChI=1S/C29H37N3O5/c1-3-5-16-31-18-10-14-29-24(23-22(37-29)13-9-17-30(15-4-2)26(23)34)27(35)32(25(29)28(31)36)21(19-33)20-11-7-6-8-12-20/h6-14,21-25,33H,3-5,15-19H2,1-2H3/t21-,22-,23+,24+,25?,29+/m1/s1. The molecule has 4 heterocycles. The van der Waals surface area contributed by atoms with Crippen molar-refractivity contribution < 1.29 is 24.2 Å². The minimum Gasteiger partial charge on any atom is -0.394 e. The number of carbonyl (C=O) groups is 3. The third-order valence-electron chi connectivity index (χ3n) is 8.23. The summed E-state index contributed by atoms with van der Waals surface area (Å²) in [5.74, 6) is -2.18. The first-order valence-electron chi connectivity index (χ1n) is 13.6. The Morgan fingerprint density at radius 3 is 2.41 bits per heavy atom. The van der Waals surface area contributed by atoms with Gasteiger partial charge in [-0.1, -0.05) is 74.9 Å². The van der Waals surface area contributed by atoms with E-state index < -0.39 is 35.6 Å². The van der Waals surface area contributed by atoms with Crippen molar-refractivity contribution in [2.24, 2.45) is 11.8 Å². The number of nitrogens with zero attached hydrogens (tertiary/aromatic N) is 3. The molecule has 0 bridgehead atoms. The molecule has 1 N–H and O–H groups in total. The van der Waals surface area contributed by atoms with E-state index in [9.17, 15) is 19.5 Å². The van der Waals surface area contributed by atoms with E-state index in [1.165, 1.54) is 4.90 Å². The smallest absolute Gasteiger partial charge is 0.249 e. The number of unbranched alkanes of at least 4 members (excludes halogenated alkanes) is 1. The maximum atomic E-state index is 14.4. The summed E-state index contributed by atoms with van der Waals surface area (Å²) in [5, 5.41) is 10.6. The lowest BCUT2D eigenvalue weighted by molar-refractivity contribution is -0.151. The fourth-order valence-corrected chi connectivity index (χ4v) is 6.56. The van der Waals surface area contributed by atoms with Crippen LogP contribution in [0.1, 0.15) is 44.7 Å². The van der Waals surface area contributed by atoms with Crippen LogP contribution in [-0.4, -0.2) is 88.1 Å². The first-order valence-corrected chi connectivity index (χ1v) is 13.6. The van der Waals surface area contributed by atoms with Crippen LogP contribution in [0.15, 0.2) is 54.6 Å². The minimum absolute atomic E-state index is 0.110. The molecule has 8 nitrogen and oxygen atoms in total. The monoisotopic (exact) mass is 507 g/mol. The van der Waals surface area contributed by atoms with Crippen molar-refractivity contribution in [1.82, 2.24) is 14.7 Å². The summed E-state index contributed by atoms with van der Waals surface area (Å²) >= 11 is 0. The summed E-state index contributed by atoms with van der Waals surface area (Å²) in [6.07, 6.45) is 9.60. The fraction of sp³-hybridized carbons (Fsp3) is 0.552. The number of benzene rings is 1. The molecule has 2 saturated heterocycles. The number of aliphatic hydroxyl groups is 1. The van der Waals surface area contributed by atoms with Crippen LogP contribution in [-0.2, 0) is 19.1 Å². The molecule has 0 radical (unpaired) electrons. The van der Waals surface area contributed by atoms with Gasteiger partial charge < -0.3 is 24.5 Å². The molecule has 4 aliphatic heterocycles. The second-order valence-electron chi connectivity index (χ2n) is 10.4. The van der Waals surface area contributed by atoms with Crippen molar-refractivity contribution >= 4 is 17.7 Å². The lowest BCUT2D eigenvalue weighted by Crippen LogP contribution is -2.56. The molecule has 1 aromatic rings. The molecule has 0 aliphatic carbocycles. The average Bonchev–Trinajstić information content (AvgIpc) is 3.23. The van der Waals surface area contributed by atoms with Crippen molar-refractivity contribution in [3.63, 3.8) is 0 Å². The summed E-state index contributed by atoms with van der Waals surface area (Å²) in [7, 11) is 0. The van der Waals surface area contributed by atoms with Gasteiger partial charge in [-0.15, -0.1) is 0 Å². The zero-order valence-corrected chi connectivity index (χ0v) is 21.7. The van der Waals surface area contributed by atoms with Gasteiger partial charge in [0.2, 0.25) is 17.7 Å². The molecular formula is C29H37N3O5. The molecule has 4 aliphatic rings. The predicted octanol–water partition coefficient (Wildman–Crippen LogP) is 2.31. The number of carbonyl (C=O) groups excluding carboxylic acids is 3. The van der Waals surface area contributed by atoms with Gasteiger partial charge in [-0.3, -0.25) is 14.4 Å². The van der Waals surface area contributed by atoms with Gasteiger partial charge in [0.05, 0.1) is 30.6 Å². The second kappa shape index (κ2) is 10.4. The molecule has 0 saturated carbocycles. The van der Waals surface area contributed by atoms with Crippen LogP contribution in [0.4, 0.5) is 0 Å². The average molecular weight is 508 g/mol. The summed E-state index contributed by atoms with van der Waals surface area (Å²) < 4.78 is 6.68. The van der Waals surface area contributed by atoms with Gasteiger partial charge in [0.25, 0.3) is 0 Å². The van der Waals surface area contributed by atoms with E-state index >= 15 is 0 Å². The summed E-state index contributed by atoms with van der Waals surface area (Å²) in [5.41, 5.74) is -0.534. The van der Waals surface area contributed by atoms with Crippen LogP contribution >= 0.6 is 0 Å². The molecule has 6 atom stereocenters. The lowest BCUT2D eigenvalue weighted by atomic mass is 9.77. The highest BCUT2D eigenvalue weighted by atomic mass is 16.5. The molecule has 1 unspecified atom stereocenters. The Kier molecular flexibility index (Phi) is 7.23. The number of likely N-dealkylation sites (tertiary alicyclic amines) is 1. The normalized spacial score (nSPS) is 31.8. The number of ether oxygens (including phenoxy) is 1. The number of rotatable bonds is 8. The molecule has 2 fully saturated rings. The van der Waals surface area contributed by atoms with E-state index in [1.807, 2.05) is 61.6 Å². The van der Waals surface area contributed by atoms with Crippen molar-refractivity contribution in [3.8, 4) is 0 Å². The number of hydrogen-bond donors (Lipinski definition) is 1. The Bertz CT molecular complexity index is 1090. The van der Waals surface area contributed by atoms with Gasteiger partial charge in [-0.25, -0.2) is 0 Å². The van der Waals surface area contributed by atoms with Crippen LogP contribution in [0.25, 0.3) is 0 Å². The maximum absolute atomic E-state index is 14.4. The maximum Gasteiger partial charge on any atom is 0.249 e. The van der Waals surface area contributed by atoms with Gasteiger partial charge in [-0.05, 0) is 18.4 Å². The fourth-order valence-electron chi connectivity index (χ4n) is 6.56. The Morgan fingerprint density at radius 1 is 0.973 bits per heavy atom. The van der Waals surface area contributed by atoms with Gasteiger partial charge in [0.15, 0.2) is 0 Å².